The van der Waals surface area contributed by atoms with Crippen LogP contribution in [0.25, 0.3) is 0 Å². The Bertz CT molecular complexity index is 795. The predicted molar refractivity (Wildman–Crippen MR) is 103 cm³/mol. The van der Waals surface area contributed by atoms with Crippen molar-refractivity contribution >= 4 is 29.0 Å². The highest BCUT2D eigenvalue weighted by Crippen LogP contribution is 2.31. The summed E-state index contributed by atoms with van der Waals surface area (Å²) in [5.74, 6) is 1.62. The molecule has 7 heteroatoms. The van der Waals surface area contributed by atoms with Gasteiger partial charge in [0.15, 0.2) is 0 Å². The zero-order valence-corrected chi connectivity index (χ0v) is 16.0. The lowest BCUT2D eigenvalue weighted by Gasteiger charge is -2.31. The third-order valence-corrected chi connectivity index (χ3v) is 4.99. The molecule has 6 nitrogen and oxygen atoms in total. The SMILES string of the molecule is COc1cc(Cl)c(C)cc1NC(=O)c1cnc(N2CCCC(C)C2)cn1. The molecule has 1 aromatic carbocycles. The summed E-state index contributed by atoms with van der Waals surface area (Å²) in [5.41, 5.74) is 1.66. The number of benzene rings is 1. The van der Waals surface area contributed by atoms with E-state index in [0.29, 0.717) is 22.4 Å². The highest BCUT2D eigenvalue weighted by molar-refractivity contribution is 6.31. The number of rotatable bonds is 4. The Labute approximate surface area is 158 Å². The molecule has 2 aromatic rings. The second kappa shape index (κ2) is 7.91. The summed E-state index contributed by atoms with van der Waals surface area (Å²) < 4.78 is 5.28. The number of piperidine rings is 1. The second-order valence-electron chi connectivity index (χ2n) is 6.71. The van der Waals surface area contributed by atoms with Crippen molar-refractivity contribution in [2.24, 2.45) is 5.92 Å². The van der Waals surface area contributed by atoms with Crippen molar-refractivity contribution in [3.05, 3.63) is 40.8 Å². The molecule has 0 saturated carbocycles. The van der Waals surface area contributed by atoms with E-state index in [9.17, 15) is 4.79 Å². The molecular weight excluding hydrogens is 352 g/mol. The van der Waals surface area contributed by atoms with Crippen LogP contribution in [0.3, 0.4) is 0 Å². The topological polar surface area (TPSA) is 67.3 Å². The lowest BCUT2D eigenvalue weighted by atomic mass is 10.0. The molecule has 3 rings (SSSR count). The van der Waals surface area contributed by atoms with Crippen LogP contribution >= 0.6 is 11.6 Å². The zero-order valence-electron chi connectivity index (χ0n) is 15.3. The highest BCUT2D eigenvalue weighted by Gasteiger charge is 2.19. The predicted octanol–water partition coefficient (Wildman–Crippen LogP) is 3.94. The monoisotopic (exact) mass is 374 g/mol. The Morgan fingerprint density at radius 1 is 1.35 bits per heavy atom. The van der Waals surface area contributed by atoms with Gasteiger partial charge in [0.1, 0.15) is 17.3 Å². The van der Waals surface area contributed by atoms with Crippen molar-refractivity contribution in [1.82, 2.24) is 9.97 Å². The van der Waals surface area contributed by atoms with E-state index >= 15 is 0 Å². The van der Waals surface area contributed by atoms with Crippen LogP contribution in [0.1, 0.15) is 35.8 Å². The molecule has 0 spiro atoms. The first-order chi connectivity index (χ1) is 12.5. The van der Waals surface area contributed by atoms with Gasteiger partial charge < -0.3 is 15.0 Å². The molecule has 1 unspecified atom stereocenters. The number of halogens is 1. The number of ether oxygens (including phenoxy) is 1. The molecule has 1 atom stereocenters. The van der Waals surface area contributed by atoms with E-state index in [2.05, 4.69) is 27.1 Å². The highest BCUT2D eigenvalue weighted by atomic mass is 35.5. The van der Waals surface area contributed by atoms with E-state index in [1.54, 1.807) is 18.3 Å². The molecule has 1 N–H and O–H groups in total. The summed E-state index contributed by atoms with van der Waals surface area (Å²) in [5, 5.41) is 3.40. The normalized spacial score (nSPS) is 17.1. The summed E-state index contributed by atoms with van der Waals surface area (Å²) in [7, 11) is 1.53. The number of carbonyl (C=O) groups excluding carboxylic acids is 1. The Kier molecular flexibility index (Phi) is 5.61. The minimum absolute atomic E-state index is 0.258. The average Bonchev–Trinajstić information content (AvgIpc) is 2.64. The second-order valence-corrected chi connectivity index (χ2v) is 7.12. The smallest absolute Gasteiger partial charge is 0.275 e. The van der Waals surface area contributed by atoms with Gasteiger partial charge in [0, 0.05) is 24.2 Å². The molecule has 1 aromatic heterocycles. The van der Waals surface area contributed by atoms with Gasteiger partial charge in [-0.25, -0.2) is 9.97 Å². The quantitative estimate of drug-likeness (QED) is 0.878. The van der Waals surface area contributed by atoms with E-state index in [4.69, 9.17) is 16.3 Å². The number of anilines is 2. The Balaban J connectivity index is 1.73. The molecule has 1 aliphatic heterocycles. The van der Waals surface area contributed by atoms with Crippen LogP contribution in [0.15, 0.2) is 24.5 Å². The van der Waals surface area contributed by atoms with Crippen molar-refractivity contribution in [3.8, 4) is 5.75 Å². The molecule has 1 saturated heterocycles. The molecule has 2 heterocycles. The van der Waals surface area contributed by atoms with Crippen molar-refractivity contribution in [1.29, 1.82) is 0 Å². The minimum atomic E-state index is -0.337. The third kappa shape index (κ3) is 4.07. The summed E-state index contributed by atoms with van der Waals surface area (Å²) in [4.78, 5) is 23.4. The Morgan fingerprint density at radius 3 is 2.81 bits per heavy atom. The minimum Gasteiger partial charge on any atom is -0.495 e. The first kappa shape index (κ1) is 18.5. The average molecular weight is 375 g/mol. The molecule has 26 heavy (non-hydrogen) atoms. The van der Waals surface area contributed by atoms with E-state index in [1.165, 1.54) is 19.7 Å². The van der Waals surface area contributed by atoms with Gasteiger partial charge >= 0.3 is 0 Å². The third-order valence-electron chi connectivity index (χ3n) is 4.58. The van der Waals surface area contributed by atoms with Gasteiger partial charge in [0.05, 0.1) is 25.2 Å². The first-order valence-corrected chi connectivity index (χ1v) is 9.08. The molecule has 0 bridgehead atoms. The van der Waals surface area contributed by atoms with Crippen molar-refractivity contribution in [2.45, 2.75) is 26.7 Å². The van der Waals surface area contributed by atoms with Gasteiger partial charge in [-0.15, -0.1) is 0 Å². The fourth-order valence-electron chi connectivity index (χ4n) is 3.12. The van der Waals surface area contributed by atoms with Gasteiger partial charge in [0.2, 0.25) is 0 Å². The van der Waals surface area contributed by atoms with Crippen molar-refractivity contribution < 1.29 is 9.53 Å². The van der Waals surface area contributed by atoms with E-state index in [-0.39, 0.29) is 11.6 Å². The van der Waals surface area contributed by atoms with Crippen molar-refractivity contribution in [2.75, 3.05) is 30.4 Å². The van der Waals surface area contributed by atoms with Crippen LogP contribution in [0, 0.1) is 12.8 Å². The van der Waals surface area contributed by atoms with E-state index in [0.717, 1.165) is 30.9 Å². The first-order valence-electron chi connectivity index (χ1n) is 8.70. The van der Waals surface area contributed by atoms with Crippen LogP contribution in [0.2, 0.25) is 5.02 Å². The largest absolute Gasteiger partial charge is 0.495 e. The maximum atomic E-state index is 12.5. The number of amides is 1. The molecule has 1 aliphatic rings. The van der Waals surface area contributed by atoms with Gasteiger partial charge in [-0.2, -0.15) is 0 Å². The fourth-order valence-corrected chi connectivity index (χ4v) is 3.27. The zero-order chi connectivity index (χ0) is 18.7. The molecule has 0 aliphatic carbocycles. The number of aromatic nitrogens is 2. The van der Waals surface area contributed by atoms with Crippen LogP contribution in [-0.4, -0.2) is 36.1 Å². The number of hydrogen-bond donors (Lipinski definition) is 1. The number of nitrogens with zero attached hydrogens (tertiary/aromatic N) is 3. The van der Waals surface area contributed by atoms with E-state index < -0.39 is 0 Å². The number of methoxy groups -OCH3 is 1. The fraction of sp³-hybridized carbons (Fsp3) is 0.421. The maximum Gasteiger partial charge on any atom is 0.275 e. The van der Waals surface area contributed by atoms with Gasteiger partial charge in [-0.05, 0) is 37.3 Å². The maximum absolute atomic E-state index is 12.5. The summed E-state index contributed by atoms with van der Waals surface area (Å²) >= 11 is 6.10. The molecular formula is C19H23ClN4O2. The molecule has 1 fully saturated rings. The summed E-state index contributed by atoms with van der Waals surface area (Å²) in [6.45, 7) is 6.06. The van der Waals surface area contributed by atoms with Crippen molar-refractivity contribution in [3.63, 3.8) is 0 Å². The number of aryl methyl sites for hydroxylation is 1. The Morgan fingerprint density at radius 2 is 2.15 bits per heavy atom. The summed E-state index contributed by atoms with van der Waals surface area (Å²) in [6.07, 6.45) is 5.57. The summed E-state index contributed by atoms with van der Waals surface area (Å²) in [6, 6.07) is 3.45. The van der Waals surface area contributed by atoms with Crippen LogP contribution < -0.4 is 15.0 Å². The molecule has 138 valence electrons. The molecule has 1 amide bonds. The van der Waals surface area contributed by atoms with Crippen LogP contribution in [-0.2, 0) is 0 Å². The lowest BCUT2D eigenvalue weighted by molar-refractivity contribution is 0.102. The number of hydrogen-bond acceptors (Lipinski definition) is 5. The standard InChI is InChI=1S/C19H23ClN4O2/c1-12-5-4-6-24(11-12)18-10-21-16(9-22-18)19(25)23-15-7-13(2)14(20)8-17(15)26-3/h7-10,12H,4-6,11H2,1-3H3,(H,23,25). The van der Waals surface area contributed by atoms with Crippen LogP contribution in [0.4, 0.5) is 11.5 Å². The van der Waals surface area contributed by atoms with Crippen LogP contribution in [0.5, 0.6) is 5.75 Å². The van der Waals surface area contributed by atoms with Gasteiger partial charge in [-0.3, -0.25) is 4.79 Å². The Hall–Kier alpha value is -2.34. The number of carbonyl (C=O) groups is 1. The lowest BCUT2D eigenvalue weighted by Crippen LogP contribution is -2.35. The van der Waals surface area contributed by atoms with Gasteiger partial charge in [-0.1, -0.05) is 18.5 Å². The van der Waals surface area contributed by atoms with Gasteiger partial charge in [0.25, 0.3) is 5.91 Å². The number of nitrogens with one attached hydrogen (secondary N) is 1. The molecule has 0 radical (unpaired) electrons. The van der Waals surface area contributed by atoms with E-state index in [1.807, 2.05) is 6.92 Å².